The highest BCUT2D eigenvalue weighted by molar-refractivity contribution is 5.94. The van der Waals surface area contributed by atoms with Gasteiger partial charge >= 0.3 is 0 Å². The molecule has 2 atom stereocenters. The number of amides is 2. The molecule has 1 aromatic carbocycles. The van der Waals surface area contributed by atoms with Crippen molar-refractivity contribution < 1.29 is 9.59 Å². The maximum absolute atomic E-state index is 12.1. The molecule has 1 aromatic rings. The van der Waals surface area contributed by atoms with Crippen molar-refractivity contribution in [2.45, 2.75) is 52.0 Å². The van der Waals surface area contributed by atoms with E-state index in [-0.39, 0.29) is 30.1 Å². The maximum Gasteiger partial charge on any atom is 0.241 e. The van der Waals surface area contributed by atoms with Crippen molar-refractivity contribution in [2.24, 2.45) is 11.7 Å². The van der Waals surface area contributed by atoms with Crippen LogP contribution in [0.4, 0.5) is 5.69 Å². The number of anilines is 1. The average molecular weight is 368 g/mol. The van der Waals surface area contributed by atoms with Gasteiger partial charge in [0.1, 0.15) is 0 Å². The van der Waals surface area contributed by atoms with Crippen molar-refractivity contribution in [2.75, 3.05) is 18.4 Å². The van der Waals surface area contributed by atoms with E-state index < -0.39 is 6.04 Å². The molecule has 0 aromatic heterocycles. The molecule has 3 N–H and O–H groups in total. The van der Waals surface area contributed by atoms with Gasteiger partial charge in [0.15, 0.2) is 0 Å². The summed E-state index contributed by atoms with van der Waals surface area (Å²) >= 11 is 0. The normalized spacial score (nSPS) is 16.0. The van der Waals surface area contributed by atoms with E-state index in [1.807, 2.05) is 43.0 Å². The van der Waals surface area contributed by atoms with Gasteiger partial charge in [-0.15, -0.1) is 12.4 Å². The molecule has 0 spiro atoms. The summed E-state index contributed by atoms with van der Waals surface area (Å²) in [5.74, 6) is 0.242. The van der Waals surface area contributed by atoms with E-state index in [0.717, 1.165) is 50.0 Å². The van der Waals surface area contributed by atoms with Gasteiger partial charge in [-0.25, -0.2) is 0 Å². The molecule has 0 aliphatic carbocycles. The molecular formula is C19H30ClN3O2. The van der Waals surface area contributed by atoms with Crippen LogP contribution in [0.3, 0.4) is 0 Å². The average Bonchev–Trinajstić information content (AvgIpc) is 3.14. The molecule has 0 bridgehead atoms. The summed E-state index contributed by atoms with van der Waals surface area (Å²) in [6.45, 7) is 5.81. The smallest absolute Gasteiger partial charge is 0.241 e. The zero-order chi connectivity index (χ0) is 17.5. The largest absolute Gasteiger partial charge is 0.343 e. The molecule has 25 heavy (non-hydrogen) atoms. The number of rotatable bonds is 7. The lowest BCUT2D eigenvalue weighted by atomic mass is 9.99. The van der Waals surface area contributed by atoms with E-state index in [1.165, 1.54) is 0 Å². The number of benzene rings is 1. The first-order valence-corrected chi connectivity index (χ1v) is 8.94. The molecule has 1 saturated heterocycles. The molecule has 6 heteroatoms. The molecule has 140 valence electrons. The van der Waals surface area contributed by atoms with Crippen LogP contribution in [0.1, 0.15) is 45.1 Å². The molecule has 1 fully saturated rings. The molecule has 1 heterocycles. The Hall–Kier alpha value is -1.59. The molecule has 2 rings (SSSR count). The predicted molar refractivity (Wildman–Crippen MR) is 104 cm³/mol. The number of carbonyl (C=O) groups excluding carboxylic acids is 2. The number of carbonyl (C=O) groups is 2. The van der Waals surface area contributed by atoms with E-state index in [2.05, 4.69) is 5.32 Å². The molecular weight excluding hydrogens is 338 g/mol. The van der Waals surface area contributed by atoms with Crippen LogP contribution in [0.25, 0.3) is 0 Å². The Balaban J connectivity index is 0.00000312. The first-order chi connectivity index (χ1) is 11.5. The van der Waals surface area contributed by atoms with Gasteiger partial charge in [0.2, 0.25) is 11.8 Å². The van der Waals surface area contributed by atoms with Crippen molar-refractivity contribution >= 4 is 29.9 Å². The summed E-state index contributed by atoms with van der Waals surface area (Å²) in [4.78, 5) is 26.1. The Morgan fingerprint density at radius 1 is 1.20 bits per heavy atom. The van der Waals surface area contributed by atoms with Crippen molar-refractivity contribution in [1.29, 1.82) is 0 Å². The van der Waals surface area contributed by atoms with Crippen molar-refractivity contribution in [3.8, 4) is 0 Å². The molecule has 1 aliphatic rings. The number of hydrogen-bond donors (Lipinski definition) is 2. The molecule has 2 amide bonds. The van der Waals surface area contributed by atoms with Gasteiger partial charge in [-0.05, 0) is 42.9 Å². The van der Waals surface area contributed by atoms with Crippen LogP contribution in [-0.4, -0.2) is 35.8 Å². The number of halogens is 1. The fraction of sp³-hybridized carbons (Fsp3) is 0.579. The van der Waals surface area contributed by atoms with Gasteiger partial charge < -0.3 is 16.0 Å². The van der Waals surface area contributed by atoms with Gasteiger partial charge in [-0.2, -0.15) is 0 Å². The molecule has 0 saturated carbocycles. The third-order valence-corrected chi connectivity index (χ3v) is 4.87. The summed E-state index contributed by atoms with van der Waals surface area (Å²) in [7, 11) is 0. The lowest BCUT2D eigenvalue weighted by Gasteiger charge is -2.18. The minimum Gasteiger partial charge on any atom is -0.343 e. The highest BCUT2D eigenvalue weighted by Crippen LogP contribution is 2.15. The summed E-state index contributed by atoms with van der Waals surface area (Å²) in [6.07, 6.45) is 4.40. The van der Waals surface area contributed by atoms with Gasteiger partial charge in [0, 0.05) is 25.2 Å². The van der Waals surface area contributed by atoms with Gasteiger partial charge in [0.05, 0.1) is 6.04 Å². The van der Waals surface area contributed by atoms with Crippen LogP contribution >= 0.6 is 12.4 Å². The Labute approximate surface area is 156 Å². The second-order valence-corrected chi connectivity index (χ2v) is 6.69. The van der Waals surface area contributed by atoms with E-state index in [9.17, 15) is 9.59 Å². The summed E-state index contributed by atoms with van der Waals surface area (Å²) in [5.41, 5.74) is 7.78. The van der Waals surface area contributed by atoms with E-state index >= 15 is 0 Å². The number of aryl methyl sites for hydroxylation is 1. The third-order valence-electron chi connectivity index (χ3n) is 4.87. The Kier molecular flexibility index (Phi) is 8.93. The van der Waals surface area contributed by atoms with Crippen LogP contribution < -0.4 is 11.1 Å². The van der Waals surface area contributed by atoms with E-state index in [0.29, 0.717) is 6.42 Å². The van der Waals surface area contributed by atoms with Crippen molar-refractivity contribution in [3.63, 3.8) is 0 Å². The van der Waals surface area contributed by atoms with Crippen molar-refractivity contribution in [3.05, 3.63) is 29.8 Å². The quantitative estimate of drug-likeness (QED) is 0.777. The topological polar surface area (TPSA) is 75.4 Å². The zero-order valence-corrected chi connectivity index (χ0v) is 16.0. The number of nitrogens with two attached hydrogens (primary N) is 1. The predicted octanol–water partition coefficient (Wildman–Crippen LogP) is 2.98. The lowest BCUT2D eigenvalue weighted by Crippen LogP contribution is -2.40. The first kappa shape index (κ1) is 21.5. The SMILES string of the molecule is CCC(C)C(N)C(=O)Nc1ccc(CCC(=O)N2CCCC2)cc1.Cl. The highest BCUT2D eigenvalue weighted by atomic mass is 35.5. The second kappa shape index (κ2) is 10.4. The second-order valence-electron chi connectivity index (χ2n) is 6.69. The number of nitrogens with zero attached hydrogens (tertiary/aromatic N) is 1. The van der Waals surface area contributed by atoms with Crippen LogP contribution in [0, 0.1) is 5.92 Å². The number of nitrogens with one attached hydrogen (secondary N) is 1. The van der Waals surface area contributed by atoms with E-state index in [4.69, 9.17) is 5.73 Å². The maximum atomic E-state index is 12.1. The van der Waals surface area contributed by atoms with Crippen LogP contribution in [-0.2, 0) is 16.0 Å². The Morgan fingerprint density at radius 3 is 2.36 bits per heavy atom. The number of hydrogen-bond acceptors (Lipinski definition) is 3. The first-order valence-electron chi connectivity index (χ1n) is 8.94. The summed E-state index contributed by atoms with van der Waals surface area (Å²) < 4.78 is 0. The van der Waals surface area contributed by atoms with E-state index in [1.54, 1.807) is 0 Å². The number of likely N-dealkylation sites (tertiary alicyclic amines) is 1. The molecule has 5 nitrogen and oxygen atoms in total. The minimum absolute atomic E-state index is 0. The monoisotopic (exact) mass is 367 g/mol. The lowest BCUT2D eigenvalue weighted by molar-refractivity contribution is -0.130. The standard InChI is InChI=1S/C19H29N3O2.ClH/c1-3-14(2)18(20)19(24)21-16-9-6-15(7-10-16)8-11-17(23)22-12-4-5-13-22;/h6-7,9-10,14,18H,3-5,8,11-13,20H2,1-2H3,(H,21,24);1H. The Bertz CT molecular complexity index is 556. The van der Waals surface area contributed by atoms with Gasteiger partial charge in [0.25, 0.3) is 0 Å². The molecule has 0 radical (unpaired) electrons. The highest BCUT2D eigenvalue weighted by Gasteiger charge is 2.19. The van der Waals surface area contributed by atoms with Crippen LogP contribution in [0.15, 0.2) is 24.3 Å². The summed E-state index contributed by atoms with van der Waals surface area (Å²) in [6, 6.07) is 7.17. The fourth-order valence-electron chi connectivity index (χ4n) is 2.87. The van der Waals surface area contributed by atoms with Gasteiger partial charge in [-0.3, -0.25) is 9.59 Å². The van der Waals surface area contributed by atoms with Gasteiger partial charge in [-0.1, -0.05) is 32.4 Å². The Morgan fingerprint density at radius 2 is 1.80 bits per heavy atom. The minimum atomic E-state index is -0.493. The van der Waals surface area contributed by atoms with Crippen LogP contribution in [0.2, 0.25) is 0 Å². The van der Waals surface area contributed by atoms with Crippen LogP contribution in [0.5, 0.6) is 0 Å². The molecule has 2 unspecified atom stereocenters. The van der Waals surface area contributed by atoms with Crippen molar-refractivity contribution in [1.82, 2.24) is 4.90 Å². The third kappa shape index (κ3) is 6.33. The summed E-state index contributed by atoms with van der Waals surface area (Å²) in [5, 5.41) is 2.85. The fourth-order valence-corrected chi connectivity index (χ4v) is 2.87. The molecule has 1 aliphatic heterocycles. The zero-order valence-electron chi connectivity index (χ0n) is 15.2.